The lowest BCUT2D eigenvalue weighted by Crippen LogP contribution is -2.37. The van der Waals surface area contributed by atoms with E-state index in [-0.39, 0.29) is 5.91 Å². The summed E-state index contributed by atoms with van der Waals surface area (Å²) < 4.78 is 4.61. The number of benzene rings is 1. The van der Waals surface area contributed by atoms with Crippen LogP contribution >= 0.6 is 0 Å². The van der Waals surface area contributed by atoms with E-state index in [1.165, 1.54) is 6.26 Å². The highest BCUT2D eigenvalue weighted by atomic mass is 16.5. The van der Waals surface area contributed by atoms with Crippen molar-refractivity contribution in [2.24, 2.45) is 5.73 Å². The number of hydrogen-bond donors (Lipinski definition) is 2. The van der Waals surface area contributed by atoms with E-state index < -0.39 is 6.04 Å². The molecule has 1 atom stereocenters. The SMILES string of the molecule is N[C@@H](Cc1ccccc1)C(=O)Nc1ccon1. The molecule has 17 heavy (non-hydrogen) atoms. The lowest BCUT2D eigenvalue weighted by molar-refractivity contribution is -0.117. The Morgan fingerprint density at radius 1 is 1.35 bits per heavy atom. The monoisotopic (exact) mass is 231 g/mol. The molecule has 88 valence electrons. The molecule has 1 aromatic carbocycles. The maximum absolute atomic E-state index is 11.7. The number of nitrogens with two attached hydrogens (primary N) is 1. The van der Waals surface area contributed by atoms with Crippen LogP contribution < -0.4 is 11.1 Å². The number of rotatable bonds is 4. The zero-order valence-electron chi connectivity index (χ0n) is 9.17. The van der Waals surface area contributed by atoms with Gasteiger partial charge < -0.3 is 15.6 Å². The van der Waals surface area contributed by atoms with Crippen molar-refractivity contribution in [1.29, 1.82) is 0 Å². The second-order valence-corrected chi connectivity index (χ2v) is 3.67. The zero-order valence-corrected chi connectivity index (χ0v) is 9.17. The Labute approximate surface area is 98.6 Å². The lowest BCUT2D eigenvalue weighted by atomic mass is 10.1. The van der Waals surface area contributed by atoms with Crippen molar-refractivity contribution in [2.75, 3.05) is 5.32 Å². The summed E-state index contributed by atoms with van der Waals surface area (Å²) in [6.07, 6.45) is 1.88. The third-order valence-electron chi connectivity index (χ3n) is 2.32. The average Bonchev–Trinajstić information content (AvgIpc) is 2.83. The maximum Gasteiger partial charge on any atom is 0.242 e. The van der Waals surface area contributed by atoms with Crippen LogP contribution in [0.2, 0.25) is 0 Å². The summed E-state index contributed by atoms with van der Waals surface area (Å²) in [5.41, 5.74) is 6.82. The van der Waals surface area contributed by atoms with E-state index in [1.54, 1.807) is 6.07 Å². The topological polar surface area (TPSA) is 81.2 Å². The van der Waals surface area contributed by atoms with E-state index >= 15 is 0 Å². The second kappa shape index (κ2) is 5.27. The third kappa shape index (κ3) is 3.15. The van der Waals surface area contributed by atoms with Gasteiger partial charge in [0.1, 0.15) is 6.26 Å². The molecule has 1 heterocycles. The number of carbonyl (C=O) groups is 1. The predicted molar refractivity (Wildman–Crippen MR) is 63.3 cm³/mol. The predicted octanol–water partition coefficient (Wildman–Crippen LogP) is 1.18. The molecule has 2 aromatic rings. The minimum Gasteiger partial charge on any atom is -0.363 e. The molecule has 0 bridgehead atoms. The molecule has 0 radical (unpaired) electrons. The van der Waals surface area contributed by atoms with Crippen molar-refractivity contribution >= 4 is 11.7 Å². The Morgan fingerprint density at radius 3 is 2.76 bits per heavy atom. The van der Waals surface area contributed by atoms with Gasteiger partial charge in [0, 0.05) is 6.07 Å². The molecule has 0 saturated carbocycles. The molecule has 1 amide bonds. The normalized spacial score (nSPS) is 12.1. The fraction of sp³-hybridized carbons (Fsp3) is 0.167. The minimum absolute atomic E-state index is 0.275. The third-order valence-corrected chi connectivity index (χ3v) is 2.32. The molecule has 0 unspecified atom stereocenters. The van der Waals surface area contributed by atoms with Crippen LogP contribution in [0.1, 0.15) is 5.56 Å². The van der Waals surface area contributed by atoms with Gasteiger partial charge in [0.25, 0.3) is 0 Å². The molecule has 0 aliphatic heterocycles. The highest BCUT2D eigenvalue weighted by Crippen LogP contribution is 2.05. The Hall–Kier alpha value is -2.14. The number of hydrogen-bond acceptors (Lipinski definition) is 4. The van der Waals surface area contributed by atoms with Gasteiger partial charge in [0.2, 0.25) is 5.91 Å². The minimum atomic E-state index is -0.603. The molecule has 2 rings (SSSR count). The highest BCUT2D eigenvalue weighted by Gasteiger charge is 2.14. The fourth-order valence-electron chi connectivity index (χ4n) is 1.46. The van der Waals surface area contributed by atoms with E-state index in [0.29, 0.717) is 12.2 Å². The summed E-state index contributed by atoms with van der Waals surface area (Å²) in [6.45, 7) is 0. The zero-order chi connectivity index (χ0) is 12.1. The number of nitrogens with one attached hydrogen (secondary N) is 1. The van der Waals surface area contributed by atoms with Crippen LogP contribution in [0, 0.1) is 0 Å². The standard InChI is InChI=1S/C12H13N3O2/c13-10(8-9-4-2-1-3-5-9)12(16)14-11-6-7-17-15-11/h1-7,10H,8,13H2,(H,14,15,16)/t10-/m0/s1. The largest absolute Gasteiger partial charge is 0.363 e. The van der Waals surface area contributed by atoms with Gasteiger partial charge in [-0.25, -0.2) is 0 Å². The average molecular weight is 231 g/mol. The second-order valence-electron chi connectivity index (χ2n) is 3.67. The number of anilines is 1. The molecule has 3 N–H and O–H groups in total. The van der Waals surface area contributed by atoms with Crippen LogP contribution in [0.15, 0.2) is 47.2 Å². The van der Waals surface area contributed by atoms with Crippen LogP contribution in [0.25, 0.3) is 0 Å². The van der Waals surface area contributed by atoms with Crippen molar-refractivity contribution in [2.45, 2.75) is 12.5 Å². The molecular formula is C12H13N3O2. The summed E-state index contributed by atoms with van der Waals surface area (Å²) in [6, 6.07) is 10.6. The summed E-state index contributed by atoms with van der Waals surface area (Å²) in [5, 5.41) is 6.16. The van der Waals surface area contributed by atoms with Crippen LogP contribution in [0.5, 0.6) is 0 Å². The summed E-state index contributed by atoms with van der Waals surface area (Å²) >= 11 is 0. The molecule has 0 spiro atoms. The lowest BCUT2D eigenvalue weighted by Gasteiger charge is -2.10. The Morgan fingerprint density at radius 2 is 2.12 bits per heavy atom. The molecule has 5 nitrogen and oxygen atoms in total. The molecule has 0 aliphatic carbocycles. The number of nitrogens with zero attached hydrogens (tertiary/aromatic N) is 1. The van der Waals surface area contributed by atoms with E-state index in [9.17, 15) is 4.79 Å². The molecule has 0 aliphatic rings. The Kier molecular flexibility index (Phi) is 3.52. The number of amides is 1. The van der Waals surface area contributed by atoms with Gasteiger partial charge in [0.15, 0.2) is 5.82 Å². The van der Waals surface area contributed by atoms with Crippen molar-refractivity contribution in [1.82, 2.24) is 5.16 Å². The smallest absolute Gasteiger partial charge is 0.242 e. The van der Waals surface area contributed by atoms with Crippen molar-refractivity contribution in [3.63, 3.8) is 0 Å². The first-order valence-corrected chi connectivity index (χ1v) is 5.26. The first-order chi connectivity index (χ1) is 8.25. The summed E-state index contributed by atoms with van der Waals surface area (Å²) in [7, 11) is 0. The number of carbonyl (C=O) groups excluding carboxylic acids is 1. The molecular weight excluding hydrogens is 218 g/mol. The molecule has 5 heteroatoms. The highest BCUT2D eigenvalue weighted by molar-refractivity contribution is 5.93. The van der Waals surface area contributed by atoms with Crippen molar-refractivity contribution in [3.05, 3.63) is 48.2 Å². The van der Waals surface area contributed by atoms with E-state index in [0.717, 1.165) is 5.56 Å². The number of aromatic nitrogens is 1. The van der Waals surface area contributed by atoms with Crippen LogP contribution in [0.3, 0.4) is 0 Å². The fourth-order valence-corrected chi connectivity index (χ4v) is 1.46. The van der Waals surface area contributed by atoms with Gasteiger partial charge in [0.05, 0.1) is 6.04 Å². The van der Waals surface area contributed by atoms with Gasteiger partial charge in [-0.2, -0.15) is 0 Å². The van der Waals surface area contributed by atoms with Crippen molar-refractivity contribution < 1.29 is 9.32 Å². The molecule has 0 saturated heterocycles. The van der Waals surface area contributed by atoms with Gasteiger partial charge in [-0.1, -0.05) is 35.5 Å². The van der Waals surface area contributed by atoms with E-state index in [4.69, 9.17) is 5.73 Å². The Balaban J connectivity index is 1.92. The van der Waals surface area contributed by atoms with Crippen LogP contribution in [-0.4, -0.2) is 17.1 Å². The molecule has 1 aromatic heterocycles. The van der Waals surface area contributed by atoms with Crippen molar-refractivity contribution in [3.8, 4) is 0 Å². The first-order valence-electron chi connectivity index (χ1n) is 5.26. The van der Waals surface area contributed by atoms with Crippen LogP contribution in [-0.2, 0) is 11.2 Å². The molecule has 0 fully saturated rings. The van der Waals surface area contributed by atoms with Gasteiger partial charge in [-0.05, 0) is 12.0 Å². The van der Waals surface area contributed by atoms with E-state index in [1.807, 2.05) is 30.3 Å². The maximum atomic E-state index is 11.7. The Bertz CT molecular complexity index is 468. The van der Waals surface area contributed by atoms with Gasteiger partial charge in [-0.3, -0.25) is 4.79 Å². The van der Waals surface area contributed by atoms with Crippen LogP contribution in [0.4, 0.5) is 5.82 Å². The van der Waals surface area contributed by atoms with Gasteiger partial charge >= 0.3 is 0 Å². The first kappa shape index (κ1) is 11.3. The summed E-state index contributed by atoms with van der Waals surface area (Å²) in [4.78, 5) is 11.7. The quantitative estimate of drug-likeness (QED) is 0.828. The van der Waals surface area contributed by atoms with E-state index in [2.05, 4.69) is 15.0 Å². The summed E-state index contributed by atoms with van der Waals surface area (Å²) in [5.74, 6) is 0.0984. The van der Waals surface area contributed by atoms with Gasteiger partial charge in [-0.15, -0.1) is 0 Å².